The minimum atomic E-state index is 0.681. The van der Waals surface area contributed by atoms with Crippen molar-refractivity contribution in [3.63, 3.8) is 0 Å². The summed E-state index contributed by atoms with van der Waals surface area (Å²) in [5.74, 6) is 0.706. The molecule has 0 spiro atoms. The van der Waals surface area contributed by atoms with E-state index in [2.05, 4.69) is 44.3 Å². The van der Waals surface area contributed by atoms with Gasteiger partial charge in [0.2, 0.25) is 0 Å². The van der Waals surface area contributed by atoms with Crippen LogP contribution in [0.3, 0.4) is 0 Å². The van der Waals surface area contributed by atoms with Crippen molar-refractivity contribution in [1.29, 1.82) is 0 Å². The molecule has 1 aliphatic heterocycles. The van der Waals surface area contributed by atoms with E-state index in [1.165, 1.54) is 36.1 Å². The van der Waals surface area contributed by atoms with E-state index in [9.17, 15) is 0 Å². The van der Waals surface area contributed by atoms with Gasteiger partial charge in [-0.1, -0.05) is 38.0 Å². The number of aryl methyl sites for hydroxylation is 1. The number of nitrogens with one attached hydrogen (secondary N) is 1. The van der Waals surface area contributed by atoms with Crippen molar-refractivity contribution >= 4 is 5.69 Å². The number of fused-ring (bicyclic) bond motifs is 1. The van der Waals surface area contributed by atoms with Gasteiger partial charge in [0.25, 0.3) is 0 Å². The Hall–Kier alpha value is -0.980. The highest BCUT2D eigenvalue weighted by atomic mass is 14.9. The molecule has 1 N–H and O–H groups in total. The first-order chi connectivity index (χ1) is 7.20. The van der Waals surface area contributed by atoms with Crippen LogP contribution in [0.5, 0.6) is 0 Å². The van der Waals surface area contributed by atoms with Gasteiger partial charge in [0.1, 0.15) is 0 Å². The van der Waals surface area contributed by atoms with Crippen LogP contribution in [0.25, 0.3) is 0 Å². The molecule has 0 aliphatic carbocycles. The van der Waals surface area contributed by atoms with E-state index in [1.54, 1.807) is 0 Å². The first-order valence-corrected chi connectivity index (χ1v) is 6.07. The maximum Gasteiger partial charge on any atom is 0.0377 e. The van der Waals surface area contributed by atoms with Gasteiger partial charge in [-0.2, -0.15) is 0 Å². The molecule has 0 saturated carbocycles. The summed E-state index contributed by atoms with van der Waals surface area (Å²) in [4.78, 5) is 0. The SMILES string of the molecule is CCC[C@@H]1C[C@H](C)c2cc(C)ccc2N1. The third-order valence-corrected chi connectivity index (χ3v) is 3.37. The van der Waals surface area contributed by atoms with Gasteiger partial charge in [-0.05, 0) is 37.3 Å². The second-order valence-electron chi connectivity index (χ2n) is 4.86. The van der Waals surface area contributed by atoms with E-state index >= 15 is 0 Å². The standard InChI is InChI=1S/C14H21N/c1-4-5-12-9-11(3)13-8-10(2)6-7-14(13)15-12/h6-8,11-12,15H,4-5,9H2,1-3H3/t11-,12+/m0/s1. The average Bonchev–Trinajstić information content (AvgIpc) is 2.20. The normalized spacial score (nSPS) is 24.5. The minimum Gasteiger partial charge on any atom is -0.382 e. The van der Waals surface area contributed by atoms with Crippen LogP contribution in [0.1, 0.15) is 50.2 Å². The topological polar surface area (TPSA) is 12.0 Å². The second-order valence-corrected chi connectivity index (χ2v) is 4.86. The number of anilines is 1. The first kappa shape index (κ1) is 10.5. The van der Waals surface area contributed by atoms with Crippen molar-refractivity contribution < 1.29 is 0 Å². The predicted octanol–water partition coefficient (Wildman–Crippen LogP) is 4.08. The van der Waals surface area contributed by atoms with E-state index in [4.69, 9.17) is 0 Å². The lowest BCUT2D eigenvalue weighted by Gasteiger charge is -2.31. The van der Waals surface area contributed by atoms with Gasteiger partial charge in [0, 0.05) is 11.7 Å². The average molecular weight is 203 g/mol. The summed E-state index contributed by atoms with van der Waals surface area (Å²) >= 11 is 0. The third-order valence-electron chi connectivity index (χ3n) is 3.37. The molecule has 1 aromatic carbocycles. The molecule has 1 aliphatic rings. The Labute approximate surface area is 92.9 Å². The summed E-state index contributed by atoms with van der Waals surface area (Å²) in [6, 6.07) is 7.45. The first-order valence-electron chi connectivity index (χ1n) is 6.07. The van der Waals surface area contributed by atoms with Crippen molar-refractivity contribution in [2.45, 2.75) is 52.0 Å². The van der Waals surface area contributed by atoms with Gasteiger partial charge in [-0.15, -0.1) is 0 Å². The Bertz CT molecular complexity index is 343. The zero-order chi connectivity index (χ0) is 10.8. The molecule has 1 heterocycles. The zero-order valence-electron chi connectivity index (χ0n) is 10.0. The fourth-order valence-corrected chi connectivity index (χ4v) is 2.59. The molecule has 1 heteroatoms. The van der Waals surface area contributed by atoms with Crippen LogP contribution in [0.2, 0.25) is 0 Å². The maximum absolute atomic E-state index is 3.66. The van der Waals surface area contributed by atoms with E-state index in [0.717, 1.165) is 0 Å². The summed E-state index contributed by atoms with van der Waals surface area (Å²) < 4.78 is 0. The molecule has 0 bridgehead atoms. The molecular weight excluding hydrogens is 182 g/mol. The van der Waals surface area contributed by atoms with Gasteiger partial charge in [0.15, 0.2) is 0 Å². The van der Waals surface area contributed by atoms with Crippen LogP contribution in [0.4, 0.5) is 5.69 Å². The summed E-state index contributed by atoms with van der Waals surface area (Å²) in [6.45, 7) is 6.78. The van der Waals surface area contributed by atoms with Gasteiger partial charge >= 0.3 is 0 Å². The number of hydrogen-bond donors (Lipinski definition) is 1. The lowest BCUT2D eigenvalue weighted by Crippen LogP contribution is -2.27. The molecule has 0 unspecified atom stereocenters. The van der Waals surface area contributed by atoms with Crippen LogP contribution in [-0.2, 0) is 0 Å². The van der Waals surface area contributed by atoms with Crippen LogP contribution >= 0.6 is 0 Å². The fourth-order valence-electron chi connectivity index (χ4n) is 2.59. The molecule has 0 aromatic heterocycles. The highest BCUT2D eigenvalue weighted by molar-refractivity contribution is 5.56. The summed E-state index contributed by atoms with van der Waals surface area (Å²) in [5, 5.41) is 3.66. The minimum absolute atomic E-state index is 0.681. The lowest BCUT2D eigenvalue weighted by atomic mass is 9.86. The molecule has 82 valence electrons. The summed E-state index contributed by atoms with van der Waals surface area (Å²) in [7, 11) is 0. The second kappa shape index (κ2) is 4.26. The van der Waals surface area contributed by atoms with Gasteiger partial charge in [-0.25, -0.2) is 0 Å². The van der Waals surface area contributed by atoms with Crippen molar-refractivity contribution in [3.05, 3.63) is 29.3 Å². The molecule has 1 aromatic rings. The quantitative estimate of drug-likeness (QED) is 0.763. The Morgan fingerprint density at radius 1 is 1.40 bits per heavy atom. The Kier molecular flexibility index (Phi) is 2.99. The molecule has 0 amide bonds. The zero-order valence-corrected chi connectivity index (χ0v) is 10.0. The monoisotopic (exact) mass is 203 g/mol. The van der Waals surface area contributed by atoms with E-state index in [0.29, 0.717) is 12.0 Å². The van der Waals surface area contributed by atoms with Crippen LogP contribution in [0.15, 0.2) is 18.2 Å². The molecule has 0 fully saturated rings. The Balaban J connectivity index is 2.24. The third kappa shape index (κ3) is 2.17. The molecule has 1 nitrogen and oxygen atoms in total. The molecule has 2 atom stereocenters. The van der Waals surface area contributed by atoms with Gasteiger partial charge in [-0.3, -0.25) is 0 Å². The molecule has 0 radical (unpaired) electrons. The van der Waals surface area contributed by atoms with Crippen molar-refractivity contribution in [2.24, 2.45) is 0 Å². The molecular formula is C14H21N. The number of hydrogen-bond acceptors (Lipinski definition) is 1. The molecule has 2 rings (SSSR count). The number of rotatable bonds is 2. The van der Waals surface area contributed by atoms with E-state index in [1.807, 2.05) is 0 Å². The molecule has 15 heavy (non-hydrogen) atoms. The summed E-state index contributed by atoms with van der Waals surface area (Å²) in [6.07, 6.45) is 3.84. The van der Waals surface area contributed by atoms with Crippen molar-refractivity contribution in [1.82, 2.24) is 0 Å². The van der Waals surface area contributed by atoms with Gasteiger partial charge in [0.05, 0.1) is 0 Å². The van der Waals surface area contributed by atoms with Gasteiger partial charge < -0.3 is 5.32 Å². The molecule has 0 saturated heterocycles. The maximum atomic E-state index is 3.66. The smallest absolute Gasteiger partial charge is 0.0377 e. The summed E-state index contributed by atoms with van der Waals surface area (Å²) in [5.41, 5.74) is 4.23. The van der Waals surface area contributed by atoms with E-state index < -0.39 is 0 Å². The van der Waals surface area contributed by atoms with Crippen LogP contribution in [0, 0.1) is 6.92 Å². The highest BCUT2D eigenvalue weighted by Gasteiger charge is 2.22. The Morgan fingerprint density at radius 2 is 2.20 bits per heavy atom. The van der Waals surface area contributed by atoms with E-state index in [-0.39, 0.29) is 0 Å². The van der Waals surface area contributed by atoms with Crippen molar-refractivity contribution in [3.8, 4) is 0 Å². The van der Waals surface area contributed by atoms with Crippen LogP contribution < -0.4 is 5.32 Å². The Morgan fingerprint density at radius 3 is 2.93 bits per heavy atom. The largest absolute Gasteiger partial charge is 0.382 e. The fraction of sp³-hybridized carbons (Fsp3) is 0.571. The number of benzene rings is 1. The van der Waals surface area contributed by atoms with Crippen LogP contribution in [-0.4, -0.2) is 6.04 Å². The highest BCUT2D eigenvalue weighted by Crippen LogP contribution is 2.35. The predicted molar refractivity (Wildman–Crippen MR) is 66.5 cm³/mol. The van der Waals surface area contributed by atoms with Crippen molar-refractivity contribution in [2.75, 3.05) is 5.32 Å². The lowest BCUT2D eigenvalue weighted by molar-refractivity contribution is 0.524.